The third kappa shape index (κ3) is 3.78. The third-order valence-electron chi connectivity index (χ3n) is 2.90. The van der Waals surface area contributed by atoms with Crippen molar-refractivity contribution in [3.8, 4) is 5.69 Å². The van der Waals surface area contributed by atoms with Gasteiger partial charge in [-0.3, -0.25) is 4.79 Å². The molecule has 0 spiro atoms. The summed E-state index contributed by atoms with van der Waals surface area (Å²) in [5, 5.41) is 6.82. The van der Waals surface area contributed by atoms with Gasteiger partial charge < -0.3 is 5.32 Å². The van der Waals surface area contributed by atoms with Crippen molar-refractivity contribution in [1.29, 1.82) is 0 Å². The molecule has 1 heterocycles. The Hall–Kier alpha value is -1.60. The largest absolute Gasteiger partial charge is 0.382 e. The molecular weight excluding hydrogens is 332 g/mol. The highest BCUT2D eigenvalue weighted by atomic mass is 35.5. The van der Waals surface area contributed by atoms with Crippen LogP contribution in [0.15, 0.2) is 29.2 Å². The summed E-state index contributed by atoms with van der Waals surface area (Å²) in [6, 6.07) is 2.88. The van der Waals surface area contributed by atoms with E-state index in [1.807, 2.05) is 6.26 Å². The van der Waals surface area contributed by atoms with Crippen molar-refractivity contribution in [2.75, 3.05) is 23.9 Å². The van der Waals surface area contributed by atoms with Crippen LogP contribution in [0.5, 0.6) is 0 Å². The molecule has 4 nitrogen and oxygen atoms in total. The van der Waals surface area contributed by atoms with Gasteiger partial charge in [-0.1, -0.05) is 11.6 Å². The van der Waals surface area contributed by atoms with Crippen LogP contribution in [0.4, 0.5) is 14.5 Å². The molecule has 22 heavy (non-hydrogen) atoms. The van der Waals surface area contributed by atoms with E-state index in [1.165, 1.54) is 6.20 Å². The lowest BCUT2D eigenvalue weighted by Crippen LogP contribution is -2.23. The standard InChI is InChI=1S/C14H14ClF2N3OS/c1-22-6-2-5-18-11-8-19-20(14(21)13(11)15)12-4-3-9(16)7-10(12)17/h3-4,7-8,18H,2,5-6H2,1H3. The van der Waals surface area contributed by atoms with E-state index in [4.69, 9.17) is 11.6 Å². The van der Waals surface area contributed by atoms with Crippen LogP contribution >= 0.6 is 23.4 Å². The average molecular weight is 346 g/mol. The second kappa shape index (κ2) is 7.60. The Balaban J connectivity index is 2.28. The summed E-state index contributed by atoms with van der Waals surface area (Å²) in [5.41, 5.74) is -0.421. The molecule has 0 unspecified atom stereocenters. The van der Waals surface area contributed by atoms with Crippen LogP contribution in [-0.2, 0) is 0 Å². The molecule has 0 radical (unpaired) electrons. The first-order valence-electron chi connectivity index (χ1n) is 6.50. The molecule has 2 aromatic rings. The Morgan fingerprint density at radius 2 is 2.18 bits per heavy atom. The Morgan fingerprint density at radius 3 is 2.86 bits per heavy atom. The number of nitrogens with zero attached hydrogens (tertiary/aromatic N) is 2. The fourth-order valence-electron chi connectivity index (χ4n) is 1.82. The van der Waals surface area contributed by atoms with E-state index in [0.717, 1.165) is 29.0 Å². The number of halogens is 3. The van der Waals surface area contributed by atoms with Crippen LogP contribution in [0.1, 0.15) is 6.42 Å². The number of aromatic nitrogens is 2. The predicted octanol–water partition coefficient (Wildman–Crippen LogP) is 3.33. The molecular formula is C14H14ClF2N3OS. The Bertz CT molecular complexity index is 724. The normalized spacial score (nSPS) is 10.7. The van der Waals surface area contributed by atoms with Gasteiger partial charge in [0, 0.05) is 12.6 Å². The van der Waals surface area contributed by atoms with Crippen molar-refractivity contribution in [1.82, 2.24) is 9.78 Å². The fraction of sp³-hybridized carbons (Fsp3) is 0.286. The molecule has 0 bridgehead atoms. The van der Waals surface area contributed by atoms with Crippen molar-refractivity contribution in [2.24, 2.45) is 0 Å². The number of anilines is 1. The molecule has 2 rings (SSSR count). The number of rotatable bonds is 6. The van der Waals surface area contributed by atoms with E-state index in [-0.39, 0.29) is 10.7 Å². The highest BCUT2D eigenvalue weighted by molar-refractivity contribution is 7.98. The molecule has 1 aromatic carbocycles. The van der Waals surface area contributed by atoms with Gasteiger partial charge in [0.1, 0.15) is 16.5 Å². The molecule has 0 amide bonds. The minimum absolute atomic E-state index is 0.0807. The predicted molar refractivity (Wildman–Crippen MR) is 86.2 cm³/mol. The summed E-state index contributed by atoms with van der Waals surface area (Å²) in [7, 11) is 0. The zero-order valence-corrected chi connectivity index (χ0v) is 13.3. The summed E-state index contributed by atoms with van der Waals surface area (Å²) < 4.78 is 27.5. The van der Waals surface area contributed by atoms with Crippen LogP contribution < -0.4 is 10.9 Å². The average Bonchev–Trinajstić information content (AvgIpc) is 2.49. The van der Waals surface area contributed by atoms with Gasteiger partial charge in [0.2, 0.25) is 0 Å². The number of thioether (sulfide) groups is 1. The van der Waals surface area contributed by atoms with Crippen molar-refractivity contribution in [3.05, 3.63) is 51.4 Å². The van der Waals surface area contributed by atoms with Gasteiger partial charge >= 0.3 is 0 Å². The van der Waals surface area contributed by atoms with E-state index in [1.54, 1.807) is 11.8 Å². The van der Waals surface area contributed by atoms with Crippen molar-refractivity contribution in [2.45, 2.75) is 6.42 Å². The third-order valence-corrected chi connectivity index (χ3v) is 3.96. The second-order valence-corrected chi connectivity index (χ2v) is 5.82. The van der Waals surface area contributed by atoms with Crippen LogP contribution in [-0.4, -0.2) is 28.3 Å². The van der Waals surface area contributed by atoms with Gasteiger partial charge in [-0.25, -0.2) is 8.78 Å². The Labute approximate surface area is 135 Å². The molecule has 1 N–H and O–H groups in total. The lowest BCUT2D eigenvalue weighted by atomic mass is 10.3. The van der Waals surface area contributed by atoms with Gasteiger partial charge in [0.05, 0.1) is 11.9 Å². The van der Waals surface area contributed by atoms with Gasteiger partial charge in [0.15, 0.2) is 5.82 Å². The minimum Gasteiger partial charge on any atom is -0.382 e. The van der Waals surface area contributed by atoms with Gasteiger partial charge in [0.25, 0.3) is 5.56 Å². The van der Waals surface area contributed by atoms with Gasteiger partial charge in [-0.05, 0) is 30.6 Å². The van der Waals surface area contributed by atoms with Crippen LogP contribution in [0.3, 0.4) is 0 Å². The molecule has 0 fully saturated rings. The van der Waals surface area contributed by atoms with Crippen molar-refractivity contribution in [3.63, 3.8) is 0 Å². The number of hydrogen-bond acceptors (Lipinski definition) is 4. The summed E-state index contributed by atoms with van der Waals surface area (Å²) in [5.74, 6) is -0.630. The van der Waals surface area contributed by atoms with Crippen LogP contribution in [0.25, 0.3) is 5.69 Å². The summed E-state index contributed by atoms with van der Waals surface area (Å²) >= 11 is 7.73. The quantitative estimate of drug-likeness (QED) is 0.816. The van der Waals surface area contributed by atoms with Gasteiger partial charge in [-0.15, -0.1) is 0 Å². The molecule has 0 aliphatic heterocycles. The summed E-state index contributed by atoms with van der Waals surface area (Å²) in [6.07, 6.45) is 4.27. The highest BCUT2D eigenvalue weighted by Crippen LogP contribution is 2.18. The molecule has 0 aliphatic rings. The number of benzene rings is 1. The van der Waals surface area contributed by atoms with E-state index in [0.29, 0.717) is 18.3 Å². The number of nitrogens with one attached hydrogen (secondary N) is 1. The molecule has 8 heteroatoms. The first kappa shape index (κ1) is 16.8. The minimum atomic E-state index is -0.883. The second-order valence-electron chi connectivity index (χ2n) is 4.46. The molecule has 0 saturated heterocycles. The lowest BCUT2D eigenvalue weighted by molar-refractivity contribution is 0.571. The topological polar surface area (TPSA) is 46.9 Å². The molecule has 1 aromatic heterocycles. The van der Waals surface area contributed by atoms with Gasteiger partial charge in [-0.2, -0.15) is 21.5 Å². The SMILES string of the molecule is CSCCCNc1cnn(-c2ccc(F)cc2F)c(=O)c1Cl. The molecule has 0 aliphatic carbocycles. The maximum Gasteiger partial charge on any atom is 0.292 e. The maximum absolute atomic E-state index is 13.7. The summed E-state index contributed by atoms with van der Waals surface area (Å²) in [6.45, 7) is 0.649. The maximum atomic E-state index is 13.7. The van der Waals surface area contributed by atoms with Crippen LogP contribution in [0.2, 0.25) is 5.02 Å². The van der Waals surface area contributed by atoms with E-state index < -0.39 is 17.2 Å². The molecule has 118 valence electrons. The first-order chi connectivity index (χ1) is 10.5. The highest BCUT2D eigenvalue weighted by Gasteiger charge is 2.13. The van der Waals surface area contributed by atoms with Crippen LogP contribution in [0, 0.1) is 11.6 Å². The van der Waals surface area contributed by atoms with Crippen molar-refractivity contribution >= 4 is 29.1 Å². The van der Waals surface area contributed by atoms with E-state index in [9.17, 15) is 13.6 Å². The monoisotopic (exact) mass is 345 g/mol. The van der Waals surface area contributed by atoms with Crippen molar-refractivity contribution < 1.29 is 8.78 Å². The Morgan fingerprint density at radius 1 is 1.41 bits per heavy atom. The first-order valence-corrected chi connectivity index (χ1v) is 8.28. The molecule has 0 atom stereocenters. The smallest absolute Gasteiger partial charge is 0.292 e. The van der Waals surface area contributed by atoms with E-state index in [2.05, 4.69) is 10.4 Å². The van der Waals surface area contributed by atoms with E-state index >= 15 is 0 Å². The lowest BCUT2D eigenvalue weighted by Gasteiger charge is -2.10. The Kier molecular flexibility index (Phi) is 5.79. The fourth-order valence-corrected chi connectivity index (χ4v) is 2.45. The zero-order chi connectivity index (χ0) is 16.1. The number of hydrogen-bond donors (Lipinski definition) is 1. The molecule has 0 saturated carbocycles. The zero-order valence-electron chi connectivity index (χ0n) is 11.8. The summed E-state index contributed by atoms with van der Waals surface area (Å²) in [4.78, 5) is 12.2.